The van der Waals surface area contributed by atoms with Crippen LogP contribution in [0.1, 0.15) is 23.1 Å². The summed E-state index contributed by atoms with van der Waals surface area (Å²) >= 11 is 0. The Morgan fingerprint density at radius 1 is 1.03 bits per heavy atom. The molecule has 3 aromatic rings. The topological polar surface area (TPSA) is 100 Å². The quantitative estimate of drug-likeness (QED) is 0.368. The summed E-state index contributed by atoms with van der Waals surface area (Å²) in [5, 5.41) is 16.6. The number of aromatic hydroxyl groups is 1. The van der Waals surface area contributed by atoms with Crippen LogP contribution in [0.5, 0.6) is 11.5 Å². The first-order valence-corrected chi connectivity index (χ1v) is 10.6. The van der Waals surface area contributed by atoms with Crippen molar-refractivity contribution in [3.05, 3.63) is 95.6 Å². The summed E-state index contributed by atoms with van der Waals surface area (Å²) in [5.41, 5.74) is 4.54. The molecule has 0 spiro atoms. The molecule has 33 heavy (non-hydrogen) atoms. The SMILES string of the molecule is COc1cccc(/C=N\NC(=O)CNC(=O)[C@@H]2CC2(c2ccccc2)c2ccccc2)c1O. The standard InChI is InChI=1S/C26H25N3O4/c1-33-22-14-8-9-18(24(22)31)16-28-29-23(30)17-27-25(32)21-15-26(21,19-10-4-2-5-11-19)20-12-6-3-7-13-20/h2-14,16,21,31H,15,17H2,1H3,(H,27,32)(H,29,30)/b28-16-/t21-/m0/s1. The van der Waals surface area contributed by atoms with E-state index in [1.54, 1.807) is 18.2 Å². The number of phenolic OH excluding ortho intramolecular Hbond substituents is 1. The molecule has 1 saturated carbocycles. The molecule has 0 saturated heterocycles. The summed E-state index contributed by atoms with van der Waals surface area (Å²) in [6.07, 6.45) is 2.00. The van der Waals surface area contributed by atoms with Crippen molar-refractivity contribution >= 4 is 18.0 Å². The maximum Gasteiger partial charge on any atom is 0.259 e. The molecule has 1 aliphatic carbocycles. The van der Waals surface area contributed by atoms with Crippen LogP contribution in [0, 0.1) is 5.92 Å². The molecule has 7 heteroatoms. The molecule has 168 valence electrons. The highest BCUT2D eigenvalue weighted by atomic mass is 16.5. The number of benzene rings is 3. The summed E-state index contributed by atoms with van der Waals surface area (Å²) in [5.74, 6) is -0.659. The number of carbonyl (C=O) groups is 2. The lowest BCUT2D eigenvalue weighted by molar-refractivity contribution is -0.127. The van der Waals surface area contributed by atoms with Gasteiger partial charge in [-0.05, 0) is 29.7 Å². The Morgan fingerprint density at radius 3 is 2.27 bits per heavy atom. The molecule has 4 rings (SSSR count). The summed E-state index contributed by atoms with van der Waals surface area (Å²) < 4.78 is 5.04. The minimum Gasteiger partial charge on any atom is -0.504 e. The van der Waals surface area contributed by atoms with Gasteiger partial charge in [-0.2, -0.15) is 5.10 Å². The van der Waals surface area contributed by atoms with E-state index >= 15 is 0 Å². The Morgan fingerprint density at radius 2 is 1.67 bits per heavy atom. The first kappa shape index (κ1) is 22.1. The summed E-state index contributed by atoms with van der Waals surface area (Å²) in [6, 6.07) is 24.9. The Balaban J connectivity index is 1.36. The van der Waals surface area contributed by atoms with E-state index in [0.29, 0.717) is 17.7 Å². The number of hydrogen-bond acceptors (Lipinski definition) is 5. The molecule has 1 aliphatic rings. The first-order chi connectivity index (χ1) is 16.1. The van der Waals surface area contributed by atoms with Crippen molar-refractivity contribution in [1.29, 1.82) is 0 Å². The van der Waals surface area contributed by atoms with Gasteiger partial charge < -0.3 is 15.2 Å². The highest BCUT2D eigenvalue weighted by molar-refractivity contribution is 5.90. The molecule has 0 bridgehead atoms. The molecular formula is C26H25N3O4. The van der Waals surface area contributed by atoms with Crippen molar-refractivity contribution in [1.82, 2.24) is 10.7 Å². The molecule has 0 aromatic heterocycles. The fourth-order valence-corrected chi connectivity index (χ4v) is 4.17. The van der Waals surface area contributed by atoms with E-state index in [4.69, 9.17) is 4.74 Å². The zero-order valence-electron chi connectivity index (χ0n) is 18.2. The number of hydrazone groups is 1. The number of phenols is 1. The Bertz CT molecular complexity index is 1120. The minimum atomic E-state index is -0.465. The van der Waals surface area contributed by atoms with Crippen LogP contribution in [-0.4, -0.2) is 36.8 Å². The molecule has 3 aromatic carbocycles. The van der Waals surface area contributed by atoms with Crippen molar-refractivity contribution in [2.75, 3.05) is 13.7 Å². The maximum atomic E-state index is 12.9. The molecule has 3 N–H and O–H groups in total. The lowest BCUT2D eigenvalue weighted by Gasteiger charge is -2.18. The number of ether oxygens (including phenoxy) is 1. The predicted molar refractivity (Wildman–Crippen MR) is 125 cm³/mol. The van der Waals surface area contributed by atoms with Crippen LogP contribution >= 0.6 is 0 Å². The predicted octanol–water partition coefficient (Wildman–Crippen LogP) is 2.97. The molecule has 0 unspecified atom stereocenters. The fourth-order valence-electron chi connectivity index (χ4n) is 4.17. The van der Waals surface area contributed by atoms with Crippen molar-refractivity contribution in [2.24, 2.45) is 11.0 Å². The zero-order chi connectivity index (χ0) is 23.3. The van der Waals surface area contributed by atoms with E-state index in [2.05, 4.69) is 15.8 Å². The average Bonchev–Trinajstić information content (AvgIpc) is 3.62. The first-order valence-electron chi connectivity index (χ1n) is 10.6. The van der Waals surface area contributed by atoms with E-state index in [9.17, 15) is 14.7 Å². The van der Waals surface area contributed by atoms with E-state index in [1.807, 2.05) is 60.7 Å². The van der Waals surface area contributed by atoms with Crippen LogP contribution in [0.4, 0.5) is 0 Å². The van der Waals surface area contributed by atoms with Crippen LogP contribution in [0.15, 0.2) is 84.0 Å². The number of methoxy groups -OCH3 is 1. The summed E-state index contributed by atoms with van der Waals surface area (Å²) in [6.45, 7) is -0.198. The largest absolute Gasteiger partial charge is 0.504 e. The second-order valence-electron chi connectivity index (χ2n) is 7.87. The van der Waals surface area contributed by atoms with Crippen molar-refractivity contribution in [3.63, 3.8) is 0 Å². The second kappa shape index (κ2) is 9.56. The molecule has 0 aliphatic heterocycles. The van der Waals surface area contributed by atoms with Crippen LogP contribution in [-0.2, 0) is 15.0 Å². The average molecular weight is 444 g/mol. The van der Waals surface area contributed by atoms with Gasteiger partial charge in [0.2, 0.25) is 5.91 Å². The number of carbonyl (C=O) groups excluding carboxylic acids is 2. The number of hydrogen-bond donors (Lipinski definition) is 3. The third-order valence-electron chi connectivity index (χ3n) is 5.92. The van der Waals surface area contributed by atoms with E-state index in [1.165, 1.54) is 13.3 Å². The summed E-state index contributed by atoms with van der Waals surface area (Å²) in [7, 11) is 1.45. The number of nitrogens with zero attached hydrogens (tertiary/aromatic N) is 1. The maximum absolute atomic E-state index is 12.9. The molecule has 7 nitrogen and oxygen atoms in total. The molecular weight excluding hydrogens is 418 g/mol. The second-order valence-corrected chi connectivity index (χ2v) is 7.87. The lowest BCUT2D eigenvalue weighted by Crippen LogP contribution is -2.37. The van der Waals surface area contributed by atoms with Gasteiger partial charge in [0.1, 0.15) is 0 Å². The number of para-hydroxylation sites is 1. The van der Waals surface area contributed by atoms with Crippen LogP contribution in [0.3, 0.4) is 0 Å². The fraction of sp³-hybridized carbons (Fsp3) is 0.192. The van der Waals surface area contributed by atoms with Crippen LogP contribution < -0.4 is 15.5 Å². The van der Waals surface area contributed by atoms with Gasteiger partial charge in [-0.1, -0.05) is 66.7 Å². The minimum absolute atomic E-state index is 0.0711. The number of nitrogens with one attached hydrogen (secondary N) is 2. The third kappa shape index (κ3) is 4.57. The number of rotatable bonds is 8. The van der Waals surface area contributed by atoms with Gasteiger partial charge in [-0.3, -0.25) is 9.59 Å². The van der Waals surface area contributed by atoms with Gasteiger partial charge in [0, 0.05) is 11.0 Å². The Kier molecular flexibility index (Phi) is 6.40. The molecule has 1 fully saturated rings. The van der Waals surface area contributed by atoms with Gasteiger partial charge in [0.25, 0.3) is 5.91 Å². The van der Waals surface area contributed by atoms with Crippen LogP contribution in [0.25, 0.3) is 0 Å². The van der Waals surface area contributed by atoms with E-state index < -0.39 is 5.91 Å². The molecule has 0 heterocycles. The monoisotopic (exact) mass is 443 g/mol. The van der Waals surface area contributed by atoms with E-state index in [0.717, 1.165) is 11.1 Å². The van der Waals surface area contributed by atoms with Gasteiger partial charge in [-0.25, -0.2) is 5.43 Å². The lowest BCUT2D eigenvalue weighted by atomic mass is 9.85. The Hall–Kier alpha value is -4.13. The van der Waals surface area contributed by atoms with Crippen molar-refractivity contribution in [2.45, 2.75) is 11.8 Å². The molecule has 2 amide bonds. The smallest absolute Gasteiger partial charge is 0.259 e. The van der Waals surface area contributed by atoms with Gasteiger partial charge in [0.05, 0.1) is 25.8 Å². The number of amides is 2. The van der Waals surface area contributed by atoms with Crippen molar-refractivity contribution < 1.29 is 19.4 Å². The highest BCUT2D eigenvalue weighted by Gasteiger charge is 2.60. The summed E-state index contributed by atoms with van der Waals surface area (Å²) in [4.78, 5) is 25.1. The van der Waals surface area contributed by atoms with E-state index in [-0.39, 0.29) is 29.5 Å². The van der Waals surface area contributed by atoms with Crippen LogP contribution in [0.2, 0.25) is 0 Å². The third-order valence-corrected chi connectivity index (χ3v) is 5.92. The van der Waals surface area contributed by atoms with Crippen molar-refractivity contribution in [3.8, 4) is 11.5 Å². The molecule has 1 atom stereocenters. The van der Waals surface area contributed by atoms with Gasteiger partial charge in [-0.15, -0.1) is 0 Å². The van der Waals surface area contributed by atoms with Gasteiger partial charge >= 0.3 is 0 Å². The van der Waals surface area contributed by atoms with Gasteiger partial charge in [0.15, 0.2) is 11.5 Å². The zero-order valence-corrected chi connectivity index (χ0v) is 18.2. The highest BCUT2D eigenvalue weighted by Crippen LogP contribution is 2.58. The normalized spacial score (nSPS) is 16.2. The Labute approximate surface area is 192 Å². The molecule has 0 radical (unpaired) electrons.